The molecule has 0 bridgehead atoms. The maximum Gasteiger partial charge on any atom is 0.273 e. The van der Waals surface area contributed by atoms with Gasteiger partial charge in [0.2, 0.25) is 0 Å². The number of benzene rings is 1. The Hall–Kier alpha value is -2.74. The standard InChI is InChI=1S/C14H12N2O3/c1-18-11-5-6-13(19-2)12(8-11)16-7-3-4-10(9-15)14(16)17/h3-8H,1-2H3. The van der Waals surface area contributed by atoms with Crippen molar-refractivity contribution in [3.8, 4) is 23.3 Å². The van der Waals surface area contributed by atoms with Crippen LogP contribution in [0.4, 0.5) is 0 Å². The summed E-state index contributed by atoms with van der Waals surface area (Å²) in [5.74, 6) is 1.13. The molecule has 1 aromatic heterocycles. The van der Waals surface area contributed by atoms with Crippen LogP contribution in [0.3, 0.4) is 0 Å². The summed E-state index contributed by atoms with van der Waals surface area (Å²) >= 11 is 0. The molecule has 0 N–H and O–H groups in total. The summed E-state index contributed by atoms with van der Waals surface area (Å²) in [5.41, 5.74) is 0.216. The van der Waals surface area contributed by atoms with Gasteiger partial charge in [-0.05, 0) is 24.3 Å². The maximum atomic E-state index is 12.1. The highest BCUT2D eigenvalue weighted by Crippen LogP contribution is 2.26. The fourth-order valence-electron chi connectivity index (χ4n) is 1.75. The highest BCUT2D eigenvalue weighted by atomic mass is 16.5. The average Bonchev–Trinajstić information content (AvgIpc) is 2.47. The zero-order chi connectivity index (χ0) is 13.8. The van der Waals surface area contributed by atoms with Crippen molar-refractivity contribution in [3.05, 3.63) is 52.4 Å². The van der Waals surface area contributed by atoms with E-state index in [2.05, 4.69) is 0 Å². The van der Waals surface area contributed by atoms with E-state index in [0.29, 0.717) is 17.2 Å². The van der Waals surface area contributed by atoms with Crippen molar-refractivity contribution >= 4 is 0 Å². The molecule has 2 rings (SSSR count). The highest BCUT2D eigenvalue weighted by molar-refractivity contribution is 5.52. The van der Waals surface area contributed by atoms with Crippen LogP contribution in [0.25, 0.3) is 5.69 Å². The predicted octanol–water partition coefficient (Wildman–Crippen LogP) is 1.73. The second kappa shape index (κ2) is 5.27. The number of rotatable bonds is 3. The zero-order valence-electron chi connectivity index (χ0n) is 10.6. The molecule has 1 heterocycles. The van der Waals surface area contributed by atoms with Crippen LogP contribution in [0, 0.1) is 11.3 Å². The van der Waals surface area contributed by atoms with Gasteiger partial charge >= 0.3 is 0 Å². The lowest BCUT2D eigenvalue weighted by Gasteiger charge is -2.12. The van der Waals surface area contributed by atoms with E-state index in [-0.39, 0.29) is 5.56 Å². The Morgan fingerprint density at radius 2 is 2.00 bits per heavy atom. The van der Waals surface area contributed by atoms with Crippen LogP contribution in [0.1, 0.15) is 5.56 Å². The second-order valence-electron chi connectivity index (χ2n) is 3.75. The molecule has 19 heavy (non-hydrogen) atoms. The molecule has 96 valence electrons. The first-order valence-electron chi connectivity index (χ1n) is 5.55. The summed E-state index contributed by atoms with van der Waals surface area (Å²) in [6.45, 7) is 0. The first-order chi connectivity index (χ1) is 9.21. The number of hydrogen-bond donors (Lipinski definition) is 0. The number of nitriles is 1. The smallest absolute Gasteiger partial charge is 0.273 e. The largest absolute Gasteiger partial charge is 0.497 e. The first-order valence-corrected chi connectivity index (χ1v) is 5.55. The molecule has 0 radical (unpaired) electrons. The van der Waals surface area contributed by atoms with E-state index in [4.69, 9.17) is 14.7 Å². The minimum Gasteiger partial charge on any atom is -0.497 e. The van der Waals surface area contributed by atoms with Crippen LogP contribution < -0.4 is 15.0 Å². The summed E-state index contributed by atoms with van der Waals surface area (Å²) < 4.78 is 11.7. The Kier molecular flexibility index (Phi) is 3.53. The van der Waals surface area contributed by atoms with Crippen LogP contribution in [0.15, 0.2) is 41.3 Å². The van der Waals surface area contributed by atoms with E-state index in [9.17, 15) is 4.79 Å². The maximum absolute atomic E-state index is 12.1. The molecule has 0 aliphatic heterocycles. The summed E-state index contributed by atoms with van der Waals surface area (Å²) in [4.78, 5) is 12.1. The quantitative estimate of drug-likeness (QED) is 0.838. The Morgan fingerprint density at radius 1 is 1.21 bits per heavy atom. The zero-order valence-corrected chi connectivity index (χ0v) is 10.6. The topological polar surface area (TPSA) is 64.2 Å². The van der Waals surface area contributed by atoms with Crippen LogP contribution in [0.5, 0.6) is 11.5 Å². The molecule has 0 saturated carbocycles. The minimum atomic E-state index is -0.392. The average molecular weight is 256 g/mol. The number of methoxy groups -OCH3 is 2. The van der Waals surface area contributed by atoms with Crippen molar-refractivity contribution in [2.75, 3.05) is 14.2 Å². The van der Waals surface area contributed by atoms with Gasteiger partial charge < -0.3 is 9.47 Å². The van der Waals surface area contributed by atoms with Gasteiger partial charge in [0, 0.05) is 12.3 Å². The van der Waals surface area contributed by atoms with Gasteiger partial charge in [-0.15, -0.1) is 0 Å². The monoisotopic (exact) mass is 256 g/mol. The van der Waals surface area contributed by atoms with E-state index in [1.807, 2.05) is 6.07 Å². The normalized spacial score (nSPS) is 9.74. The molecule has 0 atom stereocenters. The lowest BCUT2D eigenvalue weighted by atomic mass is 10.2. The number of nitrogens with zero attached hydrogens (tertiary/aromatic N) is 2. The highest BCUT2D eigenvalue weighted by Gasteiger charge is 2.10. The van der Waals surface area contributed by atoms with Gasteiger partial charge in [-0.1, -0.05) is 0 Å². The van der Waals surface area contributed by atoms with Gasteiger partial charge in [-0.3, -0.25) is 9.36 Å². The third-order valence-corrected chi connectivity index (χ3v) is 2.71. The van der Waals surface area contributed by atoms with E-state index < -0.39 is 5.56 Å². The van der Waals surface area contributed by atoms with Gasteiger partial charge in [-0.25, -0.2) is 0 Å². The molecule has 0 saturated heterocycles. The van der Waals surface area contributed by atoms with Gasteiger partial charge in [0.25, 0.3) is 5.56 Å². The van der Waals surface area contributed by atoms with E-state index in [1.165, 1.54) is 17.7 Å². The SMILES string of the molecule is COc1ccc(OC)c(-n2cccc(C#N)c2=O)c1. The molecule has 0 aliphatic carbocycles. The van der Waals surface area contributed by atoms with Crippen molar-refractivity contribution in [3.63, 3.8) is 0 Å². The lowest BCUT2D eigenvalue weighted by molar-refractivity contribution is 0.401. The number of ether oxygens (including phenoxy) is 2. The van der Waals surface area contributed by atoms with Crippen LogP contribution in [-0.2, 0) is 0 Å². The van der Waals surface area contributed by atoms with Crippen molar-refractivity contribution in [2.45, 2.75) is 0 Å². The van der Waals surface area contributed by atoms with Gasteiger partial charge in [0.15, 0.2) is 0 Å². The molecular weight excluding hydrogens is 244 g/mol. The third-order valence-electron chi connectivity index (χ3n) is 2.71. The molecule has 2 aromatic rings. The third kappa shape index (κ3) is 2.29. The Balaban J connectivity index is 2.71. The summed E-state index contributed by atoms with van der Waals surface area (Å²) in [5, 5.41) is 8.90. The number of pyridine rings is 1. The van der Waals surface area contributed by atoms with Crippen molar-refractivity contribution in [1.82, 2.24) is 4.57 Å². The lowest BCUT2D eigenvalue weighted by Crippen LogP contribution is -2.20. The summed E-state index contributed by atoms with van der Waals surface area (Å²) in [7, 11) is 3.06. The Morgan fingerprint density at radius 3 is 2.63 bits per heavy atom. The summed E-state index contributed by atoms with van der Waals surface area (Å²) in [6, 6.07) is 10.1. The van der Waals surface area contributed by atoms with Crippen molar-refractivity contribution in [1.29, 1.82) is 5.26 Å². The van der Waals surface area contributed by atoms with Crippen LogP contribution >= 0.6 is 0 Å². The number of aromatic nitrogens is 1. The molecule has 0 amide bonds. The van der Waals surface area contributed by atoms with E-state index in [1.54, 1.807) is 37.6 Å². The minimum absolute atomic E-state index is 0.0763. The second-order valence-corrected chi connectivity index (χ2v) is 3.75. The van der Waals surface area contributed by atoms with E-state index >= 15 is 0 Å². The molecule has 0 spiro atoms. The summed E-state index contributed by atoms with van der Waals surface area (Å²) in [6.07, 6.45) is 1.58. The van der Waals surface area contributed by atoms with Gasteiger partial charge in [0.05, 0.1) is 19.9 Å². The molecule has 5 heteroatoms. The van der Waals surface area contributed by atoms with Gasteiger partial charge in [0.1, 0.15) is 23.1 Å². The van der Waals surface area contributed by atoms with Crippen molar-refractivity contribution in [2.24, 2.45) is 0 Å². The molecule has 1 aromatic carbocycles. The fourth-order valence-corrected chi connectivity index (χ4v) is 1.75. The van der Waals surface area contributed by atoms with Crippen LogP contribution in [0.2, 0.25) is 0 Å². The molecule has 0 unspecified atom stereocenters. The number of hydrogen-bond acceptors (Lipinski definition) is 4. The van der Waals surface area contributed by atoms with Crippen molar-refractivity contribution < 1.29 is 9.47 Å². The molecular formula is C14H12N2O3. The Labute approximate surface area is 110 Å². The molecule has 0 fully saturated rings. The molecule has 5 nitrogen and oxygen atoms in total. The first kappa shape index (κ1) is 12.7. The Bertz CT molecular complexity index is 699. The molecule has 0 aliphatic rings. The fraction of sp³-hybridized carbons (Fsp3) is 0.143. The van der Waals surface area contributed by atoms with Crippen LogP contribution in [-0.4, -0.2) is 18.8 Å². The van der Waals surface area contributed by atoms with Gasteiger partial charge in [-0.2, -0.15) is 5.26 Å². The predicted molar refractivity (Wildman–Crippen MR) is 69.9 cm³/mol. The van der Waals surface area contributed by atoms with E-state index in [0.717, 1.165) is 0 Å².